The van der Waals surface area contributed by atoms with E-state index in [2.05, 4.69) is 10.8 Å². The molecule has 3 N–H and O–H groups in total. The van der Waals surface area contributed by atoms with Gasteiger partial charge < -0.3 is 15.4 Å². The maximum absolute atomic E-state index is 11.2. The fourth-order valence-corrected chi connectivity index (χ4v) is 4.26. The molecule has 4 nitrogen and oxygen atoms in total. The zero-order chi connectivity index (χ0) is 16.4. The molecule has 2 aromatic rings. The Morgan fingerprint density at radius 3 is 2.96 bits per heavy atom. The summed E-state index contributed by atoms with van der Waals surface area (Å²) in [6.07, 6.45) is 6.87. The molecule has 124 valence electrons. The summed E-state index contributed by atoms with van der Waals surface area (Å²) >= 11 is 6.47. The van der Waals surface area contributed by atoms with Gasteiger partial charge in [0, 0.05) is 30.1 Å². The van der Waals surface area contributed by atoms with Crippen molar-refractivity contribution in [2.75, 3.05) is 6.61 Å². The van der Waals surface area contributed by atoms with Crippen molar-refractivity contribution in [3.63, 3.8) is 0 Å². The van der Waals surface area contributed by atoms with Crippen LogP contribution in [0, 0.1) is 5.92 Å². The third kappa shape index (κ3) is 3.38. The lowest BCUT2D eigenvalue weighted by atomic mass is 9.76. The lowest BCUT2D eigenvalue weighted by molar-refractivity contribution is -0.119. The van der Waals surface area contributed by atoms with Gasteiger partial charge in [-0.3, -0.25) is 4.79 Å². The van der Waals surface area contributed by atoms with Gasteiger partial charge in [0.25, 0.3) is 0 Å². The quantitative estimate of drug-likeness (QED) is 0.879. The van der Waals surface area contributed by atoms with Crippen molar-refractivity contribution >= 4 is 28.4 Å². The van der Waals surface area contributed by atoms with Gasteiger partial charge in [-0.1, -0.05) is 24.1 Å². The molecule has 5 heteroatoms. The summed E-state index contributed by atoms with van der Waals surface area (Å²) in [5, 5.41) is 11.1. The number of halogens is 1. The molecule has 1 aromatic heterocycles. The Labute approximate surface area is 141 Å². The highest BCUT2D eigenvalue weighted by Crippen LogP contribution is 2.42. The first-order chi connectivity index (χ1) is 11.1. The molecular weight excluding hydrogens is 312 g/mol. The molecule has 0 bridgehead atoms. The standard InChI is InChI=1S/C18H23ClN2O2/c19-15-5-2-6-16-18(15)14(11-21(16)7-8-22)13-4-1-3-12(9-13)10-17(20)23/h2,5-6,11-13,22H,1,3-4,7-10H2,(H2,20,23). The third-order valence-corrected chi connectivity index (χ3v) is 5.25. The van der Waals surface area contributed by atoms with Gasteiger partial charge in [-0.05, 0) is 48.8 Å². The molecule has 23 heavy (non-hydrogen) atoms. The van der Waals surface area contributed by atoms with Crippen LogP contribution in [0.15, 0.2) is 24.4 Å². The second-order valence-electron chi connectivity index (χ2n) is 6.54. The average molecular weight is 335 g/mol. The Hall–Kier alpha value is -1.52. The first kappa shape index (κ1) is 16.3. The summed E-state index contributed by atoms with van der Waals surface area (Å²) in [6.45, 7) is 0.666. The van der Waals surface area contributed by atoms with Crippen molar-refractivity contribution in [1.29, 1.82) is 0 Å². The SMILES string of the molecule is NC(=O)CC1CCCC(c2cn(CCO)c3cccc(Cl)c23)C1. The zero-order valence-corrected chi connectivity index (χ0v) is 13.9. The van der Waals surface area contributed by atoms with Crippen LogP contribution >= 0.6 is 11.6 Å². The van der Waals surface area contributed by atoms with Gasteiger partial charge in [-0.25, -0.2) is 0 Å². The van der Waals surface area contributed by atoms with Crippen LogP contribution < -0.4 is 5.73 Å². The topological polar surface area (TPSA) is 68.2 Å². The number of nitrogens with zero attached hydrogens (tertiary/aromatic N) is 1. The predicted molar refractivity (Wildman–Crippen MR) is 92.5 cm³/mol. The van der Waals surface area contributed by atoms with Gasteiger partial charge in [0.2, 0.25) is 5.91 Å². The fraction of sp³-hybridized carbons (Fsp3) is 0.500. The van der Waals surface area contributed by atoms with Crippen molar-refractivity contribution in [3.05, 3.63) is 35.0 Å². The molecule has 1 aliphatic carbocycles. The minimum Gasteiger partial charge on any atom is -0.395 e. The summed E-state index contributed by atoms with van der Waals surface area (Å²) < 4.78 is 2.08. The van der Waals surface area contributed by atoms with E-state index in [0.29, 0.717) is 24.8 Å². The number of carbonyl (C=O) groups is 1. The van der Waals surface area contributed by atoms with E-state index in [0.717, 1.165) is 41.6 Å². The summed E-state index contributed by atoms with van der Waals surface area (Å²) in [6, 6.07) is 5.91. The Morgan fingerprint density at radius 2 is 2.22 bits per heavy atom. The minimum atomic E-state index is -0.212. The lowest BCUT2D eigenvalue weighted by Gasteiger charge is -2.28. The first-order valence-electron chi connectivity index (χ1n) is 8.26. The number of carbonyl (C=O) groups excluding carboxylic acids is 1. The van der Waals surface area contributed by atoms with E-state index < -0.39 is 0 Å². The molecule has 1 heterocycles. The van der Waals surface area contributed by atoms with E-state index in [9.17, 15) is 9.90 Å². The number of aromatic nitrogens is 1. The largest absolute Gasteiger partial charge is 0.395 e. The number of benzene rings is 1. The molecule has 3 rings (SSSR count). The molecule has 0 saturated heterocycles. The molecule has 1 aromatic carbocycles. The van der Waals surface area contributed by atoms with Crippen LogP contribution in [0.5, 0.6) is 0 Å². The number of fused-ring (bicyclic) bond motifs is 1. The Kier molecular flexibility index (Phi) is 4.93. The first-order valence-corrected chi connectivity index (χ1v) is 8.64. The number of aliphatic hydroxyl groups excluding tert-OH is 1. The van der Waals surface area contributed by atoms with Gasteiger partial charge in [-0.2, -0.15) is 0 Å². The third-order valence-electron chi connectivity index (χ3n) is 4.94. The van der Waals surface area contributed by atoms with Crippen molar-refractivity contribution in [3.8, 4) is 0 Å². The van der Waals surface area contributed by atoms with Gasteiger partial charge in [0.05, 0.1) is 11.6 Å². The van der Waals surface area contributed by atoms with Crippen LogP contribution in [0.1, 0.15) is 43.6 Å². The molecular formula is C18H23ClN2O2. The molecule has 0 radical (unpaired) electrons. The van der Waals surface area contributed by atoms with E-state index >= 15 is 0 Å². The Morgan fingerprint density at radius 1 is 1.39 bits per heavy atom. The molecule has 0 spiro atoms. The van der Waals surface area contributed by atoms with Gasteiger partial charge in [0.15, 0.2) is 0 Å². The van der Waals surface area contributed by atoms with Crippen molar-refractivity contribution in [2.24, 2.45) is 11.7 Å². The summed E-state index contributed by atoms with van der Waals surface area (Å²) in [5.74, 6) is 0.553. The fourth-order valence-electron chi connectivity index (χ4n) is 3.99. The van der Waals surface area contributed by atoms with E-state index in [1.165, 1.54) is 5.56 Å². The number of aliphatic hydroxyl groups is 1. The number of hydrogen-bond donors (Lipinski definition) is 2. The van der Waals surface area contributed by atoms with Crippen molar-refractivity contribution in [2.45, 2.75) is 44.6 Å². The zero-order valence-electron chi connectivity index (χ0n) is 13.2. The van der Waals surface area contributed by atoms with E-state index in [1.54, 1.807) is 0 Å². The van der Waals surface area contributed by atoms with Gasteiger partial charge in [0.1, 0.15) is 0 Å². The van der Waals surface area contributed by atoms with Crippen LogP contribution in [0.3, 0.4) is 0 Å². The number of rotatable bonds is 5. The molecule has 1 saturated carbocycles. The molecule has 1 aliphatic rings. The Bertz CT molecular complexity index is 710. The predicted octanol–water partition coefficient (Wildman–Crippen LogP) is 3.44. The number of primary amides is 1. The van der Waals surface area contributed by atoms with Gasteiger partial charge >= 0.3 is 0 Å². The maximum Gasteiger partial charge on any atom is 0.217 e. The summed E-state index contributed by atoms with van der Waals surface area (Å²) in [5.41, 5.74) is 7.69. The second kappa shape index (κ2) is 6.93. The van der Waals surface area contributed by atoms with E-state index in [1.807, 2.05) is 18.2 Å². The summed E-state index contributed by atoms with van der Waals surface area (Å²) in [7, 11) is 0. The number of amides is 1. The molecule has 0 aliphatic heterocycles. The lowest BCUT2D eigenvalue weighted by Crippen LogP contribution is -2.21. The molecule has 2 atom stereocenters. The maximum atomic E-state index is 11.2. The Balaban J connectivity index is 1.97. The second-order valence-corrected chi connectivity index (χ2v) is 6.94. The minimum absolute atomic E-state index is 0.102. The normalized spacial score (nSPS) is 21.7. The van der Waals surface area contributed by atoms with E-state index in [4.69, 9.17) is 17.3 Å². The molecule has 2 unspecified atom stereocenters. The summed E-state index contributed by atoms with van der Waals surface area (Å²) in [4.78, 5) is 11.2. The van der Waals surface area contributed by atoms with Crippen LogP contribution in [0.25, 0.3) is 10.9 Å². The van der Waals surface area contributed by atoms with Gasteiger partial charge in [-0.15, -0.1) is 0 Å². The highest BCUT2D eigenvalue weighted by Gasteiger charge is 2.27. The highest BCUT2D eigenvalue weighted by atomic mass is 35.5. The van der Waals surface area contributed by atoms with Crippen LogP contribution in [0.2, 0.25) is 5.02 Å². The van der Waals surface area contributed by atoms with Crippen molar-refractivity contribution in [1.82, 2.24) is 4.57 Å². The smallest absolute Gasteiger partial charge is 0.217 e. The van der Waals surface area contributed by atoms with Crippen molar-refractivity contribution < 1.29 is 9.90 Å². The van der Waals surface area contributed by atoms with Crippen LogP contribution in [-0.4, -0.2) is 22.2 Å². The van der Waals surface area contributed by atoms with Crippen LogP contribution in [0.4, 0.5) is 0 Å². The monoisotopic (exact) mass is 334 g/mol. The highest BCUT2D eigenvalue weighted by molar-refractivity contribution is 6.35. The molecule has 1 fully saturated rings. The van der Waals surface area contributed by atoms with Crippen LogP contribution in [-0.2, 0) is 11.3 Å². The average Bonchev–Trinajstić information content (AvgIpc) is 2.88. The number of nitrogens with two attached hydrogens (primary N) is 1. The number of hydrogen-bond acceptors (Lipinski definition) is 2. The van der Waals surface area contributed by atoms with E-state index in [-0.39, 0.29) is 12.5 Å². The molecule has 1 amide bonds.